The van der Waals surface area contributed by atoms with Gasteiger partial charge in [0.1, 0.15) is 24.4 Å². The van der Waals surface area contributed by atoms with Crippen LogP contribution >= 0.6 is 0 Å². The minimum Gasteiger partial charge on any atom is -0.409 e. The standard InChI is InChI=1S/C42H80O6Si3/c1-28(2)16-15-17-29(3)33-20-21-34-32-19-18-30-26-31(22-24-41(30,4)35(32)23-25-42(33,34)5)44-40-39(48-51(12,13)14)38(47-50(9,10)11)37(36(27-43)45-40)46-49(6,7)8/h18,28-29,31-40,43H,15-17,19-27H2,1-14H3/t29-,31?,32?,33-,34?,35?,36?,37-,38?,39?,40+,41+,42-/m1/s1. The minimum absolute atomic E-state index is 0.0661. The van der Waals surface area contributed by atoms with Crippen molar-refractivity contribution in [1.29, 1.82) is 0 Å². The largest absolute Gasteiger partial charge is 0.409 e. The van der Waals surface area contributed by atoms with Crippen LogP contribution in [0.1, 0.15) is 105 Å². The third-order valence-corrected chi connectivity index (χ3v) is 16.8. The summed E-state index contributed by atoms with van der Waals surface area (Å²) >= 11 is 0. The quantitative estimate of drug-likeness (QED) is 0.140. The van der Waals surface area contributed by atoms with Gasteiger partial charge in [0.25, 0.3) is 0 Å². The van der Waals surface area contributed by atoms with Crippen molar-refractivity contribution < 1.29 is 27.9 Å². The van der Waals surface area contributed by atoms with Crippen LogP contribution in [-0.2, 0) is 22.8 Å². The van der Waals surface area contributed by atoms with Crippen molar-refractivity contribution in [3.05, 3.63) is 11.6 Å². The van der Waals surface area contributed by atoms with Gasteiger partial charge in [-0.3, -0.25) is 0 Å². The van der Waals surface area contributed by atoms with Gasteiger partial charge in [-0.15, -0.1) is 0 Å². The smallest absolute Gasteiger partial charge is 0.185 e. The first-order valence-corrected chi connectivity index (χ1v) is 31.4. The maximum absolute atomic E-state index is 10.7. The number of fused-ring (bicyclic) bond motifs is 5. The molecule has 5 aliphatic rings. The van der Waals surface area contributed by atoms with Crippen molar-refractivity contribution in [1.82, 2.24) is 0 Å². The van der Waals surface area contributed by atoms with Crippen LogP contribution in [0.2, 0.25) is 58.9 Å². The predicted octanol–water partition coefficient (Wildman–Crippen LogP) is 10.8. The van der Waals surface area contributed by atoms with Gasteiger partial charge < -0.3 is 27.9 Å². The van der Waals surface area contributed by atoms with Gasteiger partial charge in [-0.1, -0.05) is 65.5 Å². The summed E-state index contributed by atoms with van der Waals surface area (Å²) in [6, 6.07) is 0. The van der Waals surface area contributed by atoms with E-state index >= 15 is 0 Å². The molecule has 0 amide bonds. The number of rotatable bonds is 14. The fourth-order valence-corrected chi connectivity index (χ4v) is 15.0. The predicted molar refractivity (Wildman–Crippen MR) is 218 cm³/mol. The zero-order valence-corrected chi connectivity index (χ0v) is 38.5. The Morgan fingerprint density at radius 1 is 0.784 bits per heavy atom. The van der Waals surface area contributed by atoms with E-state index in [0.29, 0.717) is 5.41 Å². The van der Waals surface area contributed by atoms with Crippen molar-refractivity contribution in [3.8, 4) is 0 Å². The molecule has 4 aliphatic carbocycles. The molecule has 1 saturated heterocycles. The molecule has 9 heteroatoms. The third kappa shape index (κ3) is 9.76. The normalized spacial score (nSPS) is 41.1. The van der Waals surface area contributed by atoms with Gasteiger partial charge in [0, 0.05) is 0 Å². The van der Waals surface area contributed by atoms with E-state index < -0.39 is 49.6 Å². The van der Waals surface area contributed by atoms with E-state index in [-0.39, 0.29) is 24.2 Å². The molecular weight excluding hydrogens is 685 g/mol. The summed E-state index contributed by atoms with van der Waals surface area (Å²) in [4.78, 5) is 0. The van der Waals surface area contributed by atoms with Crippen molar-refractivity contribution in [2.75, 3.05) is 6.61 Å². The number of aliphatic hydroxyl groups is 1. The highest BCUT2D eigenvalue weighted by atomic mass is 28.4. The molecule has 51 heavy (non-hydrogen) atoms. The van der Waals surface area contributed by atoms with Crippen LogP contribution in [0.4, 0.5) is 0 Å². The number of aliphatic hydroxyl groups excluding tert-OH is 1. The van der Waals surface area contributed by atoms with Crippen LogP contribution in [0, 0.1) is 46.3 Å². The lowest BCUT2D eigenvalue weighted by Crippen LogP contribution is -2.66. The van der Waals surface area contributed by atoms with E-state index in [0.717, 1.165) is 48.3 Å². The van der Waals surface area contributed by atoms with E-state index in [2.05, 4.69) is 99.6 Å². The molecule has 296 valence electrons. The zero-order valence-electron chi connectivity index (χ0n) is 35.5. The molecule has 5 rings (SSSR count). The van der Waals surface area contributed by atoms with Gasteiger partial charge in [-0.2, -0.15) is 0 Å². The van der Waals surface area contributed by atoms with E-state index in [1.807, 2.05) is 0 Å². The molecule has 7 unspecified atom stereocenters. The Hall–Kier alpha value is 0.151. The summed E-state index contributed by atoms with van der Waals surface area (Å²) in [6.07, 6.45) is 14.8. The molecule has 3 saturated carbocycles. The van der Waals surface area contributed by atoms with E-state index in [4.69, 9.17) is 22.8 Å². The van der Waals surface area contributed by atoms with Crippen LogP contribution in [0.5, 0.6) is 0 Å². The summed E-state index contributed by atoms with van der Waals surface area (Å²) in [5.41, 5.74) is 2.41. The topological polar surface area (TPSA) is 66.4 Å². The Labute approximate surface area is 317 Å². The highest BCUT2D eigenvalue weighted by Gasteiger charge is 2.60. The summed E-state index contributed by atoms with van der Waals surface area (Å²) in [7, 11) is -6.05. The summed E-state index contributed by atoms with van der Waals surface area (Å²) < 4.78 is 34.4. The second-order valence-corrected chi connectivity index (χ2v) is 35.0. The molecule has 0 aromatic rings. The van der Waals surface area contributed by atoms with Crippen molar-refractivity contribution in [2.24, 2.45) is 46.3 Å². The highest BCUT2D eigenvalue weighted by molar-refractivity contribution is 6.70. The van der Waals surface area contributed by atoms with Crippen LogP contribution in [0.25, 0.3) is 0 Å². The molecule has 0 radical (unpaired) electrons. The van der Waals surface area contributed by atoms with E-state index in [1.54, 1.807) is 5.57 Å². The highest BCUT2D eigenvalue weighted by Crippen LogP contribution is 2.67. The molecule has 0 spiro atoms. The third-order valence-electron chi connectivity index (χ3n) is 13.8. The molecule has 1 aliphatic heterocycles. The van der Waals surface area contributed by atoms with Crippen LogP contribution in [0.15, 0.2) is 11.6 Å². The Bertz CT molecular complexity index is 1190. The van der Waals surface area contributed by atoms with Crippen LogP contribution in [-0.4, -0.2) is 73.5 Å². The SMILES string of the molecule is CC(C)CCC[C@@H](C)[C@H]1CCC2C3CC=C4CC(O[C@H]5OC(CO)[C@@H](O[Si](C)(C)C)C(O[Si](C)(C)C)C5O[Si](C)(C)C)CC[C@]4(C)C3CC[C@@]21C. The number of hydrogen-bond acceptors (Lipinski definition) is 6. The minimum atomic E-state index is -2.03. The lowest BCUT2D eigenvalue weighted by Gasteiger charge is -2.59. The van der Waals surface area contributed by atoms with Gasteiger partial charge >= 0.3 is 0 Å². The summed E-state index contributed by atoms with van der Waals surface area (Å²) in [5.74, 6) is 5.05. The molecule has 0 aromatic carbocycles. The molecule has 1 heterocycles. The van der Waals surface area contributed by atoms with E-state index in [9.17, 15) is 5.11 Å². The average molecular weight is 765 g/mol. The van der Waals surface area contributed by atoms with Crippen LogP contribution in [0.3, 0.4) is 0 Å². The van der Waals surface area contributed by atoms with Crippen LogP contribution < -0.4 is 0 Å². The Morgan fingerprint density at radius 2 is 1.41 bits per heavy atom. The number of hydrogen-bond donors (Lipinski definition) is 1. The maximum atomic E-state index is 10.7. The van der Waals surface area contributed by atoms with Crippen molar-refractivity contribution >= 4 is 25.0 Å². The summed E-state index contributed by atoms with van der Waals surface area (Å²) in [5, 5.41) is 10.7. The van der Waals surface area contributed by atoms with Gasteiger partial charge in [0.05, 0.1) is 12.7 Å². The second-order valence-electron chi connectivity index (χ2n) is 21.6. The molecule has 13 atom stereocenters. The first-order chi connectivity index (χ1) is 23.5. The summed E-state index contributed by atoms with van der Waals surface area (Å²) in [6.45, 7) is 32.5. The molecule has 0 bridgehead atoms. The first-order valence-electron chi connectivity index (χ1n) is 21.2. The number of ether oxygens (including phenoxy) is 2. The Morgan fingerprint density at radius 3 is 2.02 bits per heavy atom. The average Bonchev–Trinajstić information content (AvgIpc) is 3.35. The molecule has 4 fully saturated rings. The zero-order chi connectivity index (χ0) is 37.7. The fourth-order valence-electron chi connectivity index (χ4n) is 11.7. The number of allylic oxidation sites excluding steroid dienone is 1. The molecule has 0 aromatic heterocycles. The second kappa shape index (κ2) is 16.0. The lowest BCUT2D eigenvalue weighted by molar-refractivity contribution is -0.304. The molecular formula is C42H80O6Si3. The van der Waals surface area contributed by atoms with Gasteiger partial charge in [0.2, 0.25) is 0 Å². The van der Waals surface area contributed by atoms with Crippen molar-refractivity contribution in [3.63, 3.8) is 0 Å². The Kier molecular flexibility index (Phi) is 13.2. The van der Waals surface area contributed by atoms with E-state index in [1.165, 1.54) is 57.8 Å². The van der Waals surface area contributed by atoms with Crippen molar-refractivity contribution in [2.45, 2.75) is 201 Å². The van der Waals surface area contributed by atoms with Gasteiger partial charge in [-0.25, -0.2) is 0 Å². The first kappa shape index (κ1) is 42.3. The monoisotopic (exact) mass is 765 g/mol. The molecule has 6 nitrogen and oxygen atoms in total. The maximum Gasteiger partial charge on any atom is 0.185 e. The fraction of sp³-hybridized carbons (Fsp3) is 0.952. The van der Waals surface area contributed by atoms with Gasteiger partial charge in [-0.05, 0) is 157 Å². The Balaban J connectivity index is 1.33. The lowest BCUT2D eigenvalue weighted by atomic mass is 9.47. The molecule has 1 N–H and O–H groups in total. The van der Waals surface area contributed by atoms with Gasteiger partial charge in [0.15, 0.2) is 31.2 Å².